The molecule has 0 aliphatic heterocycles. The minimum atomic E-state index is -0.678. The summed E-state index contributed by atoms with van der Waals surface area (Å²) < 4.78 is 0. The third-order valence-electron chi connectivity index (χ3n) is 3.43. The molecule has 1 aliphatic rings. The van der Waals surface area contributed by atoms with Gasteiger partial charge in [-0.1, -0.05) is 18.0 Å². The summed E-state index contributed by atoms with van der Waals surface area (Å²) >= 11 is 5.66. The van der Waals surface area contributed by atoms with Crippen LogP contribution in [0.5, 0.6) is 0 Å². The zero-order valence-electron chi connectivity index (χ0n) is 10.6. The largest absolute Gasteiger partial charge is 0.393 e. The van der Waals surface area contributed by atoms with E-state index in [1.807, 2.05) is 0 Å². The Hall–Kier alpha value is -1.73. The highest BCUT2D eigenvalue weighted by atomic mass is 35.5. The molecule has 1 aromatic heterocycles. The van der Waals surface area contributed by atoms with E-state index in [2.05, 4.69) is 10.3 Å². The van der Waals surface area contributed by atoms with Crippen molar-refractivity contribution < 1.29 is 14.8 Å². The number of aromatic nitrogens is 1. The molecule has 7 nitrogen and oxygen atoms in total. The van der Waals surface area contributed by atoms with Crippen LogP contribution in [0.3, 0.4) is 0 Å². The van der Waals surface area contributed by atoms with Crippen LogP contribution in [-0.4, -0.2) is 33.6 Å². The molecule has 1 heterocycles. The smallest absolute Gasteiger partial charge is 0.300 e. The first kappa shape index (κ1) is 14.7. The summed E-state index contributed by atoms with van der Waals surface area (Å²) in [4.78, 5) is 25.8. The van der Waals surface area contributed by atoms with Crippen molar-refractivity contribution in [3.63, 3.8) is 0 Å². The molecule has 20 heavy (non-hydrogen) atoms. The van der Waals surface area contributed by atoms with Crippen molar-refractivity contribution in [3.8, 4) is 0 Å². The first-order valence-electron chi connectivity index (χ1n) is 6.25. The highest BCUT2D eigenvalue weighted by molar-refractivity contribution is 6.29. The molecule has 0 aromatic carbocycles. The zero-order valence-corrected chi connectivity index (χ0v) is 11.3. The summed E-state index contributed by atoms with van der Waals surface area (Å²) in [7, 11) is 0. The van der Waals surface area contributed by atoms with E-state index in [4.69, 9.17) is 11.6 Å². The number of aliphatic hydroxyl groups excluding tert-OH is 1. The molecule has 1 aliphatic carbocycles. The van der Waals surface area contributed by atoms with Gasteiger partial charge in [-0.05, 0) is 18.9 Å². The molecule has 0 spiro atoms. The Morgan fingerprint density at radius 2 is 2.35 bits per heavy atom. The molecule has 2 N–H and O–H groups in total. The van der Waals surface area contributed by atoms with Gasteiger partial charge in [0.1, 0.15) is 16.9 Å². The van der Waals surface area contributed by atoms with Gasteiger partial charge in [-0.3, -0.25) is 14.9 Å². The lowest BCUT2D eigenvalue weighted by molar-refractivity contribution is -0.385. The molecular weight excluding hydrogens is 286 g/mol. The molecule has 1 aromatic rings. The van der Waals surface area contributed by atoms with E-state index in [1.165, 1.54) is 6.07 Å². The number of nitro groups is 1. The molecule has 8 heteroatoms. The van der Waals surface area contributed by atoms with Gasteiger partial charge in [0.25, 0.3) is 11.6 Å². The van der Waals surface area contributed by atoms with E-state index < -0.39 is 16.9 Å². The summed E-state index contributed by atoms with van der Waals surface area (Å²) in [5.74, 6) is -0.588. The minimum absolute atomic E-state index is 0.00434. The van der Waals surface area contributed by atoms with Gasteiger partial charge < -0.3 is 10.4 Å². The number of hydrogen-bond acceptors (Lipinski definition) is 5. The molecule has 1 fully saturated rings. The second kappa shape index (κ2) is 6.15. The van der Waals surface area contributed by atoms with Gasteiger partial charge in [0.2, 0.25) is 0 Å². The fourth-order valence-electron chi connectivity index (χ4n) is 2.32. The van der Waals surface area contributed by atoms with Crippen LogP contribution in [0.2, 0.25) is 5.15 Å². The number of carbonyl (C=O) groups is 1. The van der Waals surface area contributed by atoms with Gasteiger partial charge >= 0.3 is 0 Å². The van der Waals surface area contributed by atoms with Gasteiger partial charge in [-0.15, -0.1) is 0 Å². The van der Waals surface area contributed by atoms with Crippen molar-refractivity contribution in [2.45, 2.75) is 25.4 Å². The van der Waals surface area contributed by atoms with E-state index in [0.29, 0.717) is 0 Å². The zero-order chi connectivity index (χ0) is 14.7. The lowest BCUT2D eigenvalue weighted by Crippen LogP contribution is -2.32. The van der Waals surface area contributed by atoms with Crippen molar-refractivity contribution in [1.82, 2.24) is 10.3 Å². The molecule has 2 rings (SSSR count). The van der Waals surface area contributed by atoms with Crippen LogP contribution in [0.1, 0.15) is 29.6 Å². The number of aliphatic hydroxyl groups is 1. The normalized spacial score (nSPS) is 21.7. The van der Waals surface area contributed by atoms with Crippen molar-refractivity contribution in [3.05, 3.63) is 33.1 Å². The van der Waals surface area contributed by atoms with E-state index in [9.17, 15) is 20.0 Å². The maximum Gasteiger partial charge on any atom is 0.300 e. The molecular formula is C12H14ClN3O4. The molecule has 1 saturated carbocycles. The van der Waals surface area contributed by atoms with E-state index >= 15 is 0 Å². The average molecular weight is 300 g/mol. The van der Waals surface area contributed by atoms with Crippen LogP contribution in [0.4, 0.5) is 5.69 Å². The molecule has 108 valence electrons. The SMILES string of the molecule is O=C(NCC1CCCC1O)c1cc(Cl)ncc1[N+](=O)[O-]. The third kappa shape index (κ3) is 3.23. The molecule has 0 saturated heterocycles. The summed E-state index contributed by atoms with van der Waals surface area (Å²) in [5.41, 5.74) is -0.513. The maximum atomic E-state index is 12.0. The molecule has 0 radical (unpaired) electrons. The van der Waals surface area contributed by atoms with E-state index in [0.717, 1.165) is 25.5 Å². The second-order valence-corrected chi connectivity index (χ2v) is 5.14. The Morgan fingerprint density at radius 3 is 2.95 bits per heavy atom. The Kier molecular flexibility index (Phi) is 4.51. The first-order chi connectivity index (χ1) is 9.49. The number of pyridine rings is 1. The van der Waals surface area contributed by atoms with Crippen molar-refractivity contribution >= 4 is 23.2 Å². The van der Waals surface area contributed by atoms with Gasteiger partial charge in [-0.2, -0.15) is 0 Å². The maximum absolute atomic E-state index is 12.0. The highest BCUT2D eigenvalue weighted by Gasteiger charge is 2.27. The van der Waals surface area contributed by atoms with Gasteiger partial charge in [0.05, 0.1) is 11.0 Å². The third-order valence-corrected chi connectivity index (χ3v) is 3.64. The van der Waals surface area contributed by atoms with Crippen molar-refractivity contribution in [2.75, 3.05) is 6.54 Å². The first-order valence-corrected chi connectivity index (χ1v) is 6.63. The van der Waals surface area contributed by atoms with E-state index in [-0.39, 0.29) is 28.9 Å². The summed E-state index contributed by atoms with van der Waals surface area (Å²) in [6.45, 7) is 0.289. The Balaban J connectivity index is 2.08. The Labute approximate surface area is 120 Å². The average Bonchev–Trinajstić information content (AvgIpc) is 2.81. The van der Waals surface area contributed by atoms with Gasteiger partial charge in [0.15, 0.2) is 0 Å². The minimum Gasteiger partial charge on any atom is -0.393 e. The standard InChI is InChI=1S/C12H14ClN3O4/c13-11-4-8(9(6-14-11)16(19)20)12(18)15-5-7-2-1-3-10(7)17/h4,6-7,10,17H,1-3,5H2,(H,15,18). The predicted octanol–water partition coefficient (Wildman–Crippen LogP) is 1.53. The Morgan fingerprint density at radius 1 is 1.60 bits per heavy atom. The summed E-state index contributed by atoms with van der Waals surface area (Å²) in [6.07, 6.45) is 3.01. The van der Waals surface area contributed by atoms with Gasteiger partial charge in [0, 0.05) is 12.5 Å². The van der Waals surface area contributed by atoms with Gasteiger partial charge in [-0.25, -0.2) is 4.98 Å². The number of amides is 1. The fourth-order valence-corrected chi connectivity index (χ4v) is 2.48. The summed E-state index contributed by atoms with van der Waals surface area (Å²) in [5, 5.41) is 23.1. The van der Waals surface area contributed by atoms with Crippen LogP contribution in [0.15, 0.2) is 12.3 Å². The lowest BCUT2D eigenvalue weighted by Gasteiger charge is -2.15. The van der Waals surface area contributed by atoms with Crippen LogP contribution < -0.4 is 5.32 Å². The van der Waals surface area contributed by atoms with Crippen LogP contribution in [-0.2, 0) is 0 Å². The van der Waals surface area contributed by atoms with Crippen LogP contribution in [0, 0.1) is 16.0 Å². The van der Waals surface area contributed by atoms with Crippen LogP contribution >= 0.6 is 11.6 Å². The summed E-state index contributed by atoms with van der Waals surface area (Å²) in [6, 6.07) is 1.17. The quantitative estimate of drug-likeness (QED) is 0.498. The molecule has 0 bridgehead atoms. The van der Waals surface area contributed by atoms with Crippen molar-refractivity contribution in [2.24, 2.45) is 5.92 Å². The molecule has 2 atom stereocenters. The number of nitrogens with zero attached hydrogens (tertiary/aromatic N) is 2. The Bertz CT molecular complexity index is 537. The predicted molar refractivity (Wildman–Crippen MR) is 71.6 cm³/mol. The number of carbonyl (C=O) groups excluding carboxylic acids is 1. The topological polar surface area (TPSA) is 105 Å². The second-order valence-electron chi connectivity index (χ2n) is 4.75. The molecule has 2 unspecified atom stereocenters. The highest BCUT2D eigenvalue weighted by Crippen LogP contribution is 2.25. The molecule has 1 amide bonds. The van der Waals surface area contributed by atoms with E-state index in [1.54, 1.807) is 0 Å². The number of nitrogens with one attached hydrogen (secondary N) is 1. The number of hydrogen-bond donors (Lipinski definition) is 2. The fraction of sp³-hybridized carbons (Fsp3) is 0.500. The number of halogens is 1. The monoisotopic (exact) mass is 299 g/mol. The van der Waals surface area contributed by atoms with Crippen LogP contribution in [0.25, 0.3) is 0 Å². The van der Waals surface area contributed by atoms with Crippen molar-refractivity contribution in [1.29, 1.82) is 0 Å². The number of rotatable bonds is 4. The lowest BCUT2D eigenvalue weighted by atomic mass is 10.1.